The average molecular weight is 252 g/mol. The minimum absolute atomic E-state index is 0.475. The lowest BCUT2D eigenvalue weighted by atomic mass is 9.94. The highest BCUT2D eigenvalue weighted by Gasteiger charge is 2.25. The van der Waals surface area contributed by atoms with Gasteiger partial charge in [0, 0.05) is 18.3 Å². The van der Waals surface area contributed by atoms with E-state index in [1.807, 2.05) is 12.1 Å². The molecule has 17 heavy (non-hydrogen) atoms. The SMILES string of the molecule is CC1CCC(C)N(c2cccc(Cl)c2C=O)C1. The Morgan fingerprint density at radius 3 is 2.82 bits per heavy atom. The molecule has 1 fully saturated rings. The molecule has 1 aliphatic heterocycles. The van der Waals surface area contributed by atoms with Gasteiger partial charge in [-0.2, -0.15) is 0 Å². The van der Waals surface area contributed by atoms with Crippen LogP contribution in [0.3, 0.4) is 0 Å². The van der Waals surface area contributed by atoms with Gasteiger partial charge in [-0.25, -0.2) is 0 Å². The fraction of sp³-hybridized carbons (Fsp3) is 0.500. The van der Waals surface area contributed by atoms with Crippen LogP contribution in [0.2, 0.25) is 5.02 Å². The lowest BCUT2D eigenvalue weighted by Gasteiger charge is -2.39. The summed E-state index contributed by atoms with van der Waals surface area (Å²) >= 11 is 6.07. The molecule has 0 amide bonds. The smallest absolute Gasteiger partial charge is 0.153 e. The van der Waals surface area contributed by atoms with Crippen LogP contribution in [0.4, 0.5) is 5.69 Å². The topological polar surface area (TPSA) is 20.3 Å². The zero-order valence-corrected chi connectivity index (χ0v) is 11.1. The van der Waals surface area contributed by atoms with Crippen molar-refractivity contribution in [3.05, 3.63) is 28.8 Å². The fourth-order valence-electron chi connectivity index (χ4n) is 2.52. The van der Waals surface area contributed by atoms with Crippen molar-refractivity contribution in [1.29, 1.82) is 0 Å². The average Bonchev–Trinajstić information content (AvgIpc) is 2.32. The summed E-state index contributed by atoms with van der Waals surface area (Å²) in [5.41, 5.74) is 1.60. The van der Waals surface area contributed by atoms with Crippen LogP contribution in [0.5, 0.6) is 0 Å². The second-order valence-electron chi connectivity index (χ2n) is 4.97. The Labute approximate surface area is 108 Å². The Balaban J connectivity index is 2.38. The molecule has 2 rings (SSSR count). The molecule has 0 saturated carbocycles. The maximum atomic E-state index is 11.2. The molecule has 1 heterocycles. The number of halogens is 1. The molecule has 1 aromatic carbocycles. The standard InChI is InChI=1S/C14H18ClNO/c1-10-6-7-11(2)16(8-10)14-5-3-4-13(15)12(14)9-17/h3-5,9-11H,6-8H2,1-2H3. The zero-order valence-electron chi connectivity index (χ0n) is 10.3. The Kier molecular flexibility index (Phi) is 3.72. The zero-order chi connectivity index (χ0) is 12.4. The normalized spacial score (nSPS) is 24.8. The van der Waals surface area contributed by atoms with Gasteiger partial charge in [-0.15, -0.1) is 0 Å². The third-order valence-electron chi connectivity index (χ3n) is 3.57. The second-order valence-corrected chi connectivity index (χ2v) is 5.38. The van der Waals surface area contributed by atoms with Gasteiger partial charge in [-0.05, 0) is 37.8 Å². The molecule has 0 bridgehead atoms. The van der Waals surface area contributed by atoms with E-state index in [1.54, 1.807) is 6.07 Å². The van der Waals surface area contributed by atoms with Crippen LogP contribution in [0.15, 0.2) is 18.2 Å². The third-order valence-corrected chi connectivity index (χ3v) is 3.90. The maximum absolute atomic E-state index is 11.2. The molecule has 3 heteroatoms. The minimum Gasteiger partial charge on any atom is -0.368 e. The number of hydrogen-bond donors (Lipinski definition) is 0. The van der Waals surface area contributed by atoms with Crippen LogP contribution >= 0.6 is 11.6 Å². The van der Waals surface area contributed by atoms with E-state index in [-0.39, 0.29) is 0 Å². The van der Waals surface area contributed by atoms with E-state index in [4.69, 9.17) is 11.6 Å². The van der Waals surface area contributed by atoms with Crippen molar-refractivity contribution >= 4 is 23.6 Å². The lowest BCUT2D eigenvalue weighted by Crippen LogP contribution is -2.41. The Morgan fingerprint density at radius 2 is 2.12 bits per heavy atom. The van der Waals surface area contributed by atoms with Crippen molar-refractivity contribution in [3.63, 3.8) is 0 Å². The van der Waals surface area contributed by atoms with Crippen molar-refractivity contribution in [1.82, 2.24) is 0 Å². The number of rotatable bonds is 2. The van der Waals surface area contributed by atoms with Gasteiger partial charge in [0.15, 0.2) is 6.29 Å². The number of aldehydes is 1. The van der Waals surface area contributed by atoms with E-state index in [9.17, 15) is 4.79 Å². The predicted octanol–water partition coefficient (Wildman–Crippen LogP) is 3.78. The van der Waals surface area contributed by atoms with Crippen molar-refractivity contribution in [3.8, 4) is 0 Å². The second kappa shape index (κ2) is 5.09. The van der Waals surface area contributed by atoms with Crippen molar-refractivity contribution in [2.24, 2.45) is 5.92 Å². The van der Waals surface area contributed by atoms with Crippen LogP contribution in [-0.4, -0.2) is 18.9 Å². The van der Waals surface area contributed by atoms with E-state index < -0.39 is 0 Å². The Bertz CT molecular complexity index is 419. The monoisotopic (exact) mass is 251 g/mol. The van der Waals surface area contributed by atoms with Crippen molar-refractivity contribution in [2.75, 3.05) is 11.4 Å². The minimum atomic E-state index is 0.475. The highest BCUT2D eigenvalue weighted by Crippen LogP contribution is 2.32. The van der Waals surface area contributed by atoms with Gasteiger partial charge in [0.1, 0.15) is 0 Å². The van der Waals surface area contributed by atoms with Crippen LogP contribution in [-0.2, 0) is 0 Å². The Morgan fingerprint density at radius 1 is 1.35 bits per heavy atom. The summed E-state index contributed by atoms with van der Waals surface area (Å²) in [5.74, 6) is 0.671. The van der Waals surface area contributed by atoms with Gasteiger partial charge in [-0.3, -0.25) is 4.79 Å². The molecule has 1 aliphatic rings. The summed E-state index contributed by atoms with van der Waals surface area (Å²) in [6.07, 6.45) is 3.30. The molecular weight excluding hydrogens is 234 g/mol. The summed E-state index contributed by atoms with van der Waals surface area (Å²) in [6, 6.07) is 6.15. The molecule has 2 unspecified atom stereocenters. The van der Waals surface area contributed by atoms with Gasteiger partial charge in [0.05, 0.1) is 10.6 Å². The summed E-state index contributed by atoms with van der Waals surface area (Å²) < 4.78 is 0. The van der Waals surface area contributed by atoms with Crippen LogP contribution in [0.1, 0.15) is 37.0 Å². The molecule has 0 spiro atoms. The molecule has 2 nitrogen and oxygen atoms in total. The summed E-state index contributed by atoms with van der Waals surface area (Å²) in [6.45, 7) is 5.47. The highest BCUT2D eigenvalue weighted by atomic mass is 35.5. The molecule has 2 atom stereocenters. The molecule has 0 aliphatic carbocycles. The number of nitrogens with zero attached hydrogens (tertiary/aromatic N) is 1. The van der Waals surface area contributed by atoms with Gasteiger partial charge in [0.25, 0.3) is 0 Å². The summed E-state index contributed by atoms with van der Waals surface area (Å²) in [5, 5.41) is 0.544. The number of anilines is 1. The van der Waals surface area contributed by atoms with E-state index in [0.29, 0.717) is 22.5 Å². The number of benzene rings is 1. The van der Waals surface area contributed by atoms with E-state index in [1.165, 1.54) is 12.8 Å². The summed E-state index contributed by atoms with van der Waals surface area (Å²) in [7, 11) is 0. The quantitative estimate of drug-likeness (QED) is 0.746. The molecule has 0 N–H and O–H groups in total. The number of hydrogen-bond acceptors (Lipinski definition) is 2. The van der Waals surface area contributed by atoms with E-state index in [0.717, 1.165) is 18.5 Å². The van der Waals surface area contributed by atoms with Gasteiger partial charge in [0.2, 0.25) is 0 Å². The first kappa shape index (κ1) is 12.4. The Hall–Kier alpha value is -1.02. The van der Waals surface area contributed by atoms with E-state index >= 15 is 0 Å². The number of carbonyl (C=O) groups is 1. The first-order valence-corrected chi connectivity index (χ1v) is 6.51. The molecular formula is C14H18ClNO. The van der Waals surface area contributed by atoms with Crippen LogP contribution in [0.25, 0.3) is 0 Å². The highest BCUT2D eigenvalue weighted by molar-refractivity contribution is 6.33. The molecule has 1 aromatic rings. The van der Waals surface area contributed by atoms with Gasteiger partial charge >= 0.3 is 0 Å². The lowest BCUT2D eigenvalue weighted by molar-refractivity contribution is 0.112. The van der Waals surface area contributed by atoms with Crippen LogP contribution < -0.4 is 4.90 Å². The number of piperidine rings is 1. The molecule has 0 aromatic heterocycles. The predicted molar refractivity (Wildman–Crippen MR) is 72.0 cm³/mol. The molecule has 1 saturated heterocycles. The largest absolute Gasteiger partial charge is 0.368 e. The first-order chi connectivity index (χ1) is 8.13. The summed E-state index contributed by atoms with van der Waals surface area (Å²) in [4.78, 5) is 13.5. The first-order valence-electron chi connectivity index (χ1n) is 6.13. The van der Waals surface area contributed by atoms with Crippen molar-refractivity contribution in [2.45, 2.75) is 32.7 Å². The van der Waals surface area contributed by atoms with Gasteiger partial charge in [-0.1, -0.05) is 24.6 Å². The fourth-order valence-corrected chi connectivity index (χ4v) is 2.73. The molecule has 92 valence electrons. The van der Waals surface area contributed by atoms with Crippen molar-refractivity contribution < 1.29 is 4.79 Å². The van der Waals surface area contributed by atoms with Crippen LogP contribution in [0, 0.1) is 5.92 Å². The third kappa shape index (κ3) is 2.47. The van der Waals surface area contributed by atoms with Gasteiger partial charge < -0.3 is 4.90 Å². The number of carbonyl (C=O) groups excluding carboxylic acids is 1. The molecule has 0 radical (unpaired) electrons. The van der Waals surface area contributed by atoms with E-state index in [2.05, 4.69) is 18.7 Å². The maximum Gasteiger partial charge on any atom is 0.153 e.